The van der Waals surface area contributed by atoms with Gasteiger partial charge in [-0.3, -0.25) is 9.59 Å². The first-order chi connectivity index (χ1) is 16.7. The number of rotatable bonds is 6. The first kappa shape index (κ1) is 24.3. The number of alkyl halides is 3. The topological polar surface area (TPSA) is 87.7 Å². The van der Waals surface area contributed by atoms with Crippen LogP contribution in [0.4, 0.5) is 24.5 Å². The van der Waals surface area contributed by atoms with Gasteiger partial charge in [0.1, 0.15) is 5.75 Å². The number of amides is 2. The fraction of sp³-hybridized carbons (Fsp3) is 0.231. The van der Waals surface area contributed by atoms with Crippen molar-refractivity contribution in [2.24, 2.45) is 0 Å². The van der Waals surface area contributed by atoms with Crippen molar-refractivity contribution in [1.29, 1.82) is 0 Å². The van der Waals surface area contributed by atoms with Gasteiger partial charge in [0.2, 0.25) is 0 Å². The maximum absolute atomic E-state index is 12.9. The summed E-state index contributed by atoms with van der Waals surface area (Å²) < 4.78 is 44.4. The van der Waals surface area contributed by atoms with Crippen LogP contribution < -0.4 is 15.4 Å². The second-order valence-corrected chi connectivity index (χ2v) is 8.18. The fourth-order valence-corrected chi connectivity index (χ4v) is 3.98. The Kier molecular flexibility index (Phi) is 7.07. The van der Waals surface area contributed by atoms with Crippen LogP contribution in [0.25, 0.3) is 0 Å². The van der Waals surface area contributed by atoms with Crippen LogP contribution in [0.1, 0.15) is 46.0 Å². The van der Waals surface area contributed by atoms with E-state index in [4.69, 9.17) is 4.74 Å². The molecular weight excluding hydrogens is 461 g/mol. The Bertz CT molecular complexity index is 1240. The van der Waals surface area contributed by atoms with E-state index in [0.717, 1.165) is 36.1 Å². The van der Waals surface area contributed by atoms with Crippen molar-refractivity contribution < 1.29 is 32.6 Å². The molecule has 6 nitrogen and oxygen atoms in total. The van der Waals surface area contributed by atoms with Crippen molar-refractivity contribution in [1.82, 2.24) is 0 Å². The van der Waals surface area contributed by atoms with E-state index >= 15 is 0 Å². The number of aliphatic hydroxyl groups is 1. The molecule has 1 aliphatic carbocycles. The maximum Gasteiger partial charge on any atom is 0.416 e. The van der Waals surface area contributed by atoms with E-state index in [1.165, 1.54) is 24.3 Å². The Morgan fingerprint density at radius 2 is 1.69 bits per heavy atom. The van der Waals surface area contributed by atoms with Crippen LogP contribution in [0, 0.1) is 0 Å². The molecule has 182 valence electrons. The number of aliphatic hydroxyl groups excluding tert-OH is 1. The van der Waals surface area contributed by atoms with Gasteiger partial charge in [0.15, 0.2) is 6.61 Å². The number of nitrogens with one attached hydrogen (secondary N) is 2. The third kappa shape index (κ3) is 5.99. The van der Waals surface area contributed by atoms with E-state index in [0.29, 0.717) is 17.9 Å². The van der Waals surface area contributed by atoms with Gasteiger partial charge in [-0.2, -0.15) is 13.2 Å². The summed E-state index contributed by atoms with van der Waals surface area (Å²) >= 11 is 0. The van der Waals surface area contributed by atoms with Crippen molar-refractivity contribution in [3.8, 4) is 5.75 Å². The summed E-state index contributed by atoms with van der Waals surface area (Å²) in [4.78, 5) is 25.0. The lowest BCUT2D eigenvalue weighted by molar-refractivity contribution is -0.137. The van der Waals surface area contributed by atoms with Crippen molar-refractivity contribution in [2.45, 2.75) is 31.5 Å². The molecule has 3 aromatic rings. The summed E-state index contributed by atoms with van der Waals surface area (Å²) in [6.07, 6.45) is -2.79. The number of fused-ring (bicyclic) bond motifs is 1. The van der Waals surface area contributed by atoms with Gasteiger partial charge in [0.25, 0.3) is 11.8 Å². The minimum atomic E-state index is -4.52. The summed E-state index contributed by atoms with van der Waals surface area (Å²) in [6.45, 7) is -0.271. The molecule has 0 fully saturated rings. The highest BCUT2D eigenvalue weighted by Crippen LogP contribution is 2.35. The molecule has 1 aliphatic rings. The van der Waals surface area contributed by atoms with E-state index in [-0.39, 0.29) is 17.9 Å². The third-order valence-corrected chi connectivity index (χ3v) is 5.65. The van der Waals surface area contributed by atoms with Gasteiger partial charge in [0, 0.05) is 16.9 Å². The van der Waals surface area contributed by atoms with E-state index in [9.17, 15) is 27.9 Å². The van der Waals surface area contributed by atoms with Crippen LogP contribution in [0.2, 0.25) is 0 Å². The zero-order valence-corrected chi connectivity index (χ0v) is 18.6. The first-order valence-corrected chi connectivity index (χ1v) is 11.0. The quantitative estimate of drug-likeness (QED) is 0.441. The number of ether oxygens (including phenoxy) is 1. The molecule has 2 amide bonds. The lowest BCUT2D eigenvalue weighted by Gasteiger charge is -2.23. The average molecular weight is 484 g/mol. The predicted molar refractivity (Wildman–Crippen MR) is 124 cm³/mol. The van der Waals surface area contributed by atoms with E-state index in [1.54, 1.807) is 24.3 Å². The van der Waals surface area contributed by atoms with Crippen molar-refractivity contribution in [3.63, 3.8) is 0 Å². The van der Waals surface area contributed by atoms with Crippen molar-refractivity contribution in [3.05, 3.63) is 89.0 Å². The Morgan fingerprint density at radius 3 is 2.46 bits per heavy atom. The second-order valence-electron chi connectivity index (χ2n) is 8.18. The van der Waals surface area contributed by atoms with E-state index in [2.05, 4.69) is 10.6 Å². The number of hydrogen-bond donors (Lipinski definition) is 3. The third-order valence-electron chi connectivity index (χ3n) is 5.65. The zero-order valence-electron chi connectivity index (χ0n) is 18.6. The number of anilines is 2. The molecule has 0 unspecified atom stereocenters. The van der Waals surface area contributed by atoms with Gasteiger partial charge in [-0.25, -0.2) is 0 Å². The molecule has 9 heteroatoms. The molecule has 0 heterocycles. The predicted octanol–water partition coefficient (Wildman–Crippen LogP) is 5.34. The zero-order chi connectivity index (χ0) is 25.0. The summed E-state index contributed by atoms with van der Waals surface area (Å²) in [5, 5.41) is 15.2. The van der Waals surface area contributed by atoms with Gasteiger partial charge in [-0.05, 0) is 72.9 Å². The van der Waals surface area contributed by atoms with Gasteiger partial charge in [-0.1, -0.05) is 24.3 Å². The Balaban J connectivity index is 1.38. The molecule has 3 N–H and O–H groups in total. The number of carbonyl (C=O) groups is 2. The molecule has 0 aliphatic heterocycles. The van der Waals surface area contributed by atoms with Crippen molar-refractivity contribution in [2.75, 3.05) is 17.2 Å². The van der Waals surface area contributed by atoms with Crippen LogP contribution in [-0.4, -0.2) is 23.5 Å². The number of benzene rings is 3. The van der Waals surface area contributed by atoms with Gasteiger partial charge in [-0.15, -0.1) is 0 Å². The normalized spacial score (nSPS) is 15.1. The second kappa shape index (κ2) is 10.2. The summed E-state index contributed by atoms with van der Waals surface area (Å²) in [5.41, 5.74) is 1.34. The summed E-state index contributed by atoms with van der Waals surface area (Å²) in [5.74, 6) is -0.522. The van der Waals surface area contributed by atoms with Crippen LogP contribution in [0.5, 0.6) is 5.75 Å². The lowest BCUT2D eigenvalue weighted by atomic mass is 9.89. The van der Waals surface area contributed by atoms with Crippen LogP contribution >= 0.6 is 0 Å². The standard InChI is InChI=1S/C26H23F3N2O4/c27-26(28,29)17-6-2-8-19(14-17)31-25(34)16-5-1-7-18(13-16)30-24(33)15-35-23-12-4-9-20-21(23)10-3-11-22(20)32/h1-2,4-9,12-14,22,32H,3,10-11,15H2,(H,30,33)(H,31,34)/t22-/m1/s1. The van der Waals surface area contributed by atoms with Gasteiger partial charge < -0.3 is 20.5 Å². The van der Waals surface area contributed by atoms with Gasteiger partial charge >= 0.3 is 6.18 Å². The average Bonchev–Trinajstić information content (AvgIpc) is 2.83. The monoisotopic (exact) mass is 484 g/mol. The fourth-order valence-electron chi connectivity index (χ4n) is 3.98. The Labute approximate surface area is 199 Å². The molecule has 0 spiro atoms. The largest absolute Gasteiger partial charge is 0.483 e. The van der Waals surface area contributed by atoms with Crippen LogP contribution in [-0.2, 0) is 17.4 Å². The highest BCUT2D eigenvalue weighted by Gasteiger charge is 2.30. The first-order valence-electron chi connectivity index (χ1n) is 11.0. The molecule has 0 bridgehead atoms. The molecule has 1 atom stereocenters. The summed E-state index contributed by atoms with van der Waals surface area (Å²) in [6, 6.07) is 15.7. The highest BCUT2D eigenvalue weighted by molar-refractivity contribution is 6.05. The van der Waals surface area contributed by atoms with Crippen LogP contribution in [0.15, 0.2) is 66.7 Å². The smallest absolute Gasteiger partial charge is 0.416 e. The molecule has 0 saturated carbocycles. The number of halogens is 3. The molecule has 0 radical (unpaired) electrons. The van der Waals surface area contributed by atoms with E-state index < -0.39 is 29.7 Å². The molecule has 4 rings (SSSR count). The SMILES string of the molecule is O=C(COc1cccc2c1CCC[C@H]2O)Nc1cccc(C(=O)Nc2cccc(C(F)(F)F)c2)c1. The molecule has 3 aromatic carbocycles. The molecular formula is C26H23F3N2O4. The summed E-state index contributed by atoms with van der Waals surface area (Å²) in [7, 11) is 0. The number of hydrogen-bond acceptors (Lipinski definition) is 4. The molecule has 0 saturated heterocycles. The minimum Gasteiger partial charge on any atom is -0.483 e. The lowest BCUT2D eigenvalue weighted by Crippen LogP contribution is -2.21. The van der Waals surface area contributed by atoms with Crippen LogP contribution in [0.3, 0.4) is 0 Å². The highest BCUT2D eigenvalue weighted by atomic mass is 19.4. The number of carbonyl (C=O) groups excluding carboxylic acids is 2. The van der Waals surface area contributed by atoms with E-state index in [1.807, 2.05) is 6.07 Å². The minimum absolute atomic E-state index is 0.00368. The Hall–Kier alpha value is -3.85. The van der Waals surface area contributed by atoms with Crippen molar-refractivity contribution >= 4 is 23.2 Å². The van der Waals surface area contributed by atoms with Gasteiger partial charge in [0.05, 0.1) is 11.7 Å². The molecule has 0 aromatic heterocycles. The molecule has 35 heavy (non-hydrogen) atoms. The Morgan fingerprint density at radius 1 is 0.971 bits per heavy atom. The maximum atomic E-state index is 12.9.